The predicted molar refractivity (Wildman–Crippen MR) is 76.4 cm³/mol. The summed E-state index contributed by atoms with van der Waals surface area (Å²) < 4.78 is 0. The van der Waals surface area contributed by atoms with Crippen LogP contribution >= 0.6 is 0 Å². The molecule has 0 aromatic heterocycles. The van der Waals surface area contributed by atoms with Gasteiger partial charge in [0.2, 0.25) is 0 Å². The number of rotatable bonds is 11. The van der Waals surface area contributed by atoms with E-state index in [-0.39, 0.29) is 0 Å². The zero-order valence-corrected chi connectivity index (χ0v) is 12.2. The maximum atomic E-state index is 3.59. The Kier molecular flexibility index (Phi) is 7.87. The largest absolute Gasteiger partial charge is 0.314 e. The van der Waals surface area contributed by atoms with Crippen LogP contribution in [-0.2, 0) is 0 Å². The monoisotopic (exact) mass is 240 g/mol. The van der Waals surface area contributed by atoms with Gasteiger partial charge in [-0.1, -0.05) is 33.6 Å². The predicted octanol–water partition coefficient (Wildman–Crippen LogP) is 3.28. The van der Waals surface area contributed by atoms with E-state index in [1.165, 1.54) is 64.7 Å². The van der Waals surface area contributed by atoms with Gasteiger partial charge in [0.05, 0.1) is 0 Å². The Balaban J connectivity index is 1.90. The molecule has 1 saturated carbocycles. The summed E-state index contributed by atoms with van der Waals surface area (Å²) in [5.41, 5.74) is 0. The molecule has 17 heavy (non-hydrogen) atoms. The van der Waals surface area contributed by atoms with Crippen molar-refractivity contribution in [2.24, 2.45) is 5.92 Å². The van der Waals surface area contributed by atoms with E-state index in [4.69, 9.17) is 0 Å². The van der Waals surface area contributed by atoms with Crippen LogP contribution in [0.3, 0.4) is 0 Å². The molecule has 0 aliphatic heterocycles. The van der Waals surface area contributed by atoms with Gasteiger partial charge in [0.15, 0.2) is 0 Å². The Bertz CT molecular complexity index is 178. The Morgan fingerprint density at radius 2 is 1.94 bits per heavy atom. The van der Waals surface area contributed by atoms with Crippen LogP contribution in [0, 0.1) is 5.92 Å². The fourth-order valence-electron chi connectivity index (χ4n) is 2.18. The first-order chi connectivity index (χ1) is 8.26. The molecule has 0 aromatic rings. The van der Waals surface area contributed by atoms with Gasteiger partial charge in [-0.05, 0) is 51.2 Å². The van der Waals surface area contributed by atoms with E-state index in [9.17, 15) is 0 Å². The summed E-state index contributed by atoms with van der Waals surface area (Å²) in [6, 6.07) is 0.882. The minimum absolute atomic E-state index is 0.853. The van der Waals surface area contributed by atoms with Crippen molar-refractivity contribution < 1.29 is 0 Å². The third-order valence-electron chi connectivity index (χ3n) is 3.88. The molecule has 1 aliphatic carbocycles. The normalized spacial score (nSPS) is 17.6. The lowest BCUT2D eigenvalue weighted by Gasteiger charge is -2.23. The maximum Gasteiger partial charge on any atom is 0.00682 e. The lowest BCUT2D eigenvalue weighted by molar-refractivity contribution is 0.240. The van der Waals surface area contributed by atoms with Gasteiger partial charge in [0.25, 0.3) is 0 Å². The fourth-order valence-corrected chi connectivity index (χ4v) is 2.18. The molecule has 0 spiro atoms. The Labute approximate surface area is 108 Å². The van der Waals surface area contributed by atoms with Gasteiger partial charge < -0.3 is 10.2 Å². The van der Waals surface area contributed by atoms with Crippen LogP contribution in [0.1, 0.15) is 59.3 Å². The van der Waals surface area contributed by atoms with Gasteiger partial charge in [-0.25, -0.2) is 0 Å². The topological polar surface area (TPSA) is 15.3 Å². The summed E-state index contributed by atoms with van der Waals surface area (Å²) in [6.07, 6.45) is 8.25. The van der Waals surface area contributed by atoms with E-state index in [0.717, 1.165) is 12.0 Å². The summed E-state index contributed by atoms with van der Waals surface area (Å²) in [4.78, 5) is 2.61. The van der Waals surface area contributed by atoms with Crippen LogP contribution in [-0.4, -0.2) is 37.1 Å². The number of hydrogen-bond acceptors (Lipinski definition) is 2. The first kappa shape index (κ1) is 15.0. The van der Waals surface area contributed by atoms with Gasteiger partial charge in [-0.15, -0.1) is 0 Å². The van der Waals surface area contributed by atoms with Crippen LogP contribution in [0.2, 0.25) is 0 Å². The molecule has 1 fully saturated rings. The fraction of sp³-hybridized carbons (Fsp3) is 1.00. The molecule has 0 heterocycles. The van der Waals surface area contributed by atoms with Crippen LogP contribution in [0.15, 0.2) is 0 Å². The number of nitrogens with zero attached hydrogens (tertiary/aromatic N) is 1. The van der Waals surface area contributed by atoms with Crippen molar-refractivity contribution in [3.8, 4) is 0 Å². The Morgan fingerprint density at radius 3 is 2.53 bits per heavy atom. The van der Waals surface area contributed by atoms with Crippen molar-refractivity contribution in [1.82, 2.24) is 10.2 Å². The van der Waals surface area contributed by atoms with Crippen LogP contribution < -0.4 is 5.32 Å². The van der Waals surface area contributed by atoms with E-state index < -0.39 is 0 Å². The van der Waals surface area contributed by atoms with E-state index in [1.807, 2.05) is 0 Å². The maximum absolute atomic E-state index is 3.59. The number of nitrogens with one attached hydrogen (secondary N) is 1. The van der Waals surface area contributed by atoms with Crippen molar-refractivity contribution in [3.05, 3.63) is 0 Å². The molecule has 1 unspecified atom stereocenters. The average molecular weight is 240 g/mol. The minimum Gasteiger partial charge on any atom is -0.314 e. The average Bonchev–Trinajstić information content (AvgIpc) is 3.15. The van der Waals surface area contributed by atoms with Crippen molar-refractivity contribution in [2.45, 2.75) is 65.3 Å². The highest BCUT2D eigenvalue weighted by molar-refractivity contribution is 4.80. The second-order valence-corrected chi connectivity index (χ2v) is 5.70. The zero-order chi connectivity index (χ0) is 12.5. The van der Waals surface area contributed by atoms with Crippen LogP contribution in [0.25, 0.3) is 0 Å². The molecular weight excluding hydrogens is 208 g/mol. The summed E-state index contributed by atoms with van der Waals surface area (Å²) in [7, 11) is 0. The molecule has 0 saturated heterocycles. The molecule has 0 aromatic carbocycles. The van der Waals surface area contributed by atoms with Gasteiger partial charge in [-0.2, -0.15) is 0 Å². The highest BCUT2D eigenvalue weighted by Gasteiger charge is 2.19. The second-order valence-electron chi connectivity index (χ2n) is 5.70. The van der Waals surface area contributed by atoms with Gasteiger partial charge in [-0.3, -0.25) is 0 Å². The quantitative estimate of drug-likeness (QED) is 0.558. The lowest BCUT2D eigenvalue weighted by atomic mass is 10.1. The SMILES string of the molecule is CCC(C)CN(CC)CCCCCNC1CC1. The second kappa shape index (κ2) is 8.93. The van der Waals surface area contributed by atoms with E-state index >= 15 is 0 Å². The molecule has 2 nitrogen and oxygen atoms in total. The van der Waals surface area contributed by atoms with Gasteiger partial charge in [0, 0.05) is 12.6 Å². The smallest absolute Gasteiger partial charge is 0.00682 e. The third kappa shape index (κ3) is 7.77. The first-order valence-electron chi connectivity index (χ1n) is 7.72. The summed E-state index contributed by atoms with van der Waals surface area (Å²) >= 11 is 0. The van der Waals surface area contributed by atoms with Gasteiger partial charge >= 0.3 is 0 Å². The molecule has 1 rings (SSSR count). The van der Waals surface area contributed by atoms with Crippen LogP contribution in [0.4, 0.5) is 0 Å². The molecule has 0 amide bonds. The van der Waals surface area contributed by atoms with Crippen LogP contribution in [0.5, 0.6) is 0 Å². The van der Waals surface area contributed by atoms with Crippen molar-refractivity contribution >= 4 is 0 Å². The molecule has 102 valence electrons. The molecule has 1 aliphatic rings. The molecular formula is C15H32N2. The minimum atomic E-state index is 0.853. The van der Waals surface area contributed by atoms with Crippen molar-refractivity contribution in [2.75, 3.05) is 26.2 Å². The lowest BCUT2D eigenvalue weighted by Crippen LogP contribution is -2.29. The molecule has 1 atom stereocenters. The van der Waals surface area contributed by atoms with E-state index in [1.54, 1.807) is 0 Å². The Morgan fingerprint density at radius 1 is 1.18 bits per heavy atom. The standard InChI is InChI=1S/C15H32N2/c1-4-14(3)13-17(5-2)12-8-6-7-11-16-15-9-10-15/h14-16H,4-13H2,1-3H3. The zero-order valence-electron chi connectivity index (χ0n) is 12.2. The summed E-state index contributed by atoms with van der Waals surface area (Å²) in [6.45, 7) is 12.0. The highest BCUT2D eigenvalue weighted by Crippen LogP contribution is 2.18. The van der Waals surface area contributed by atoms with Gasteiger partial charge in [0.1, 0.15) is 0 Å². The van der Waals surface area contributed by atoms with E-state index in [0.29, 0.717) is 0 Å². The molecule has 0 radical (unpaired) electrons. The van der Waals surface area contributed by atoms with Crippen molar-refractivity contribution in [1.29, 1.82) is 0 Å². The molecule has 1 N–H and O–H groups in total. The summed E-state index contributed by atoms with van der Waals surface area (Å²) in [5.74, 6) is 0.853. The summed E-state index contributed by atoms with van der Waals surface area (Å²) in [5, 5.41) is 3.59. The van der Waals surface area contributed by atoms with E-state index in [2.05, 4.69) is 31.0 Å². The Hall–Kier alpha value is -0.0800. The third-order valence-corrected chi connectivity index (χ3v) is 3.88. The molecule has 0 bridgehead atoms. The first-order valence-corrected chi connectivity index (χ1v) is 7.72. The number of unbranched alkanes of at least 4 members (excludes halogenated alkanes) is 2. The van der Waals surface area contributed by atoms with Crippen molar-refractivity contribution in [3.63, 3.8) is 0 Å². The number of hydrogen-bond donors (Lipinski definition) is 1. The molecule has 2 heteroatoms. The highest BCUT2D eigenvalue weighted by atomic mass is 15.1.